The Morgan fingerprint density at radius 3 is 1.92 bits per heavy atom. The zero-order valence-electron chi connectivity index (χ0n) is 14.2. The van der Waals surface area contributed by atoms with Gasteiger partial charge in [-0.2, -0.15) is 0 Å². The third kappa shape index (κ3) is 4.54. The summed E-state index contributed by atoms with van der Waals surface area (Å²) < 4.78 is 27.3. The van der Waals surface area contributed by atoms with Crippen molar-refractivity contribution in [2.24, 2.45) is 0 Å². The van der Waals surface area contributed by atoms with Crippen molar-refractivity contribution in [3.05, 3.63) is 107 Å². The van der Waals surface area contributed by atoms with E-state index in [1.54, 1.807) is 36.4 Å². The highest BCUT2D eigenvalue weighted by molar-refractivity contribution is 5.94. The van der Waals surface area contributed by atoms with E-state index in [0.717, 1.165) is 11.1 Å². The van der Waals surface area contributed by atoms with Crippen molar-refractivity contribution in [1.82, 2.24) is 5.32 Å². The first-order valence-electron chi connectivity index (χ1n) is 8.47. The fourth-order valence-corrected chi connectivity index (χ4v) is 2.99. The second-order valence-electron chi connectivity index (χ2n) is 6.07. The molecule has 0 spiro atoms. The van der Waals surface area contributed by atoms with Gasteiger partial charge in [0.15, 0.2) is 0 Å². The van der Waals surface area contributed by atoms with Crippen LogP contribution in [0.15, 0.2) is 78.9 Å². The molecule has 0 aliphatic carbocycles. The lowest BCUT2D eigenvalue weighted by Crippen LogP contribution is -2.25. The van der Waals surface area contributed by atoms with Crippen LogP contribution in [-0.2, 0) is 0 Å². The molecule has 26 heavy (non-hydrogen) atoms. The van der Waals surface area contributed by atoms with E-state index in [2.05, 4.69) is 5.32 Å². The standard InChI is InChI=1S/C22H19F2NO/c23-19-10-4-8-17(14-19)21(18-9-5-11-20(24)15-18)12-13-25-22(26)16-6-2-1-3-7-16/h1-11,14-15,21H,12-13H2,(H,25,26). The number of halogens is 2. The van der Waals surface area contributed by atoms with E-state index in [-0.39, 0.29) is 23.5 Å². The molecular weight excluding hydrogens is 332 g/mol. The molecule has 3 aromatic carbocycles. The molecule has 1 N–H and O–H groups in total. The summed E-state index contributed by atoms with van der Waals surface area (Å²) in [5.74, 6) is -1.05. The maximum absolute atomic E-state index is 13.7. The van der Waals surface area contributed by atoms with Crippen LogP contribution in [0.4, 0.5) is 8.78 Å². The molecule has 3 aromatic rings. The molecule has 0 radical (unpaired) electrons. The first kappa shape index (κ1) is 17.8. The smallest absolute Gasteiger partial charge is 0.251 e. The molecule has 0 atom stereocenters. The molecule has 1 amide bonds. The van der Waals surface area contributed by atoms with Gasteiger partial charge in [-0.05, 0) is 53.9 Å². The average Bonchev–Trinajstić information content (AvgIpc) is 2.66. The molecular formula is C22H19F2NO. The molecule has 0 aromatic heterocycles. The van der Waals surface area contributed by atoms with Crippen molar-refractivity contribution in [1.29, 1.82) is 0 Å². The Morgan fingerprint density at radius 1 is 0.808 bits per heavy atom. The van der Waals surface area contributed by atoms with Crippen LogP contribution in [-0.4, -0.2) is 12.5 Å². The fraction of sp³-hybridized carbons (Fsp3) is 0.136. The average molecular weight is 351 g/mol. The molecule has 3 rings (SSSR count). The first-order chi connectivity index (χ1) is 12.6. The van der Waals surface area contributed by atoms with Gasteiger partial charge >= 0.3 is 0 Å². The Bertz CT molecular complexity index is 835. The van der Waals surface area contributed by atoms with Gasteiger partial charge in [-0.3, -0.25) is 4.79 Å². The number of amides is 1. The van der Waals surface area contributed by atoms with Crippen molar-refractivity contribution in [2.75, 3.05) is 6.54 Å². The summed E-state index contributed by atoms with van der Waals surface area (Å²) in [5, 5.41) is 2.87. The van der Waals surface area contributed by atoms with Crippen LogP contribution in [0.3, 0.4) is 0 Å². The predicted octanol–water partition coefficient (Wildman–Crippen LogP) is 4.92. The van der Waals surface area contributed by atoms with E-state index in [9.17, 15) is 13.6 Å². The maximum atomic E-state index is 13.7. The summed E-state index contributed by atoms with van der Waals surface area (Å²) >= 11 is 0. The Balaban J connectivity index is 1.75. The minimum atomic E-state index is -0.336. The molecule has 0 heterocycles. The quantitative estimate of drug-likeness (QED) is 0.671. The Morgan fingerprint density at radius 2 is 1.38 bits per heavy atom. The van der Waals surface area contributed by atoms with Crippen molar-refractivity contribution >= 4 is 5.91 Å². The highest BCUT2D eigenvalue weighted by Crippen LogP contribution is 2.28. The lowest BCUT2D eigenvalue weighted by Gasteiger charge is -2.19. The van der Waals surface area contributed by atoms with E-state index < -0.39 is 0 Å². The van der Waals surface area contributed by atoms with Gasteiger partial charge in [0.2, 0.25) is 0 Å². The van der Waals surface area contributed by atoms with Crippen LogP contribution in [0, 0.1) is 11.6 Å². The van der Waals surface area contributed by atoms with Crippen LogP contribution >= 0.6 is 0 Å². The Labute approximate surface area is 151 Å². The topological polar surface area (TPSA) is 29.1 Å². The summed E-state index contributed by atoms with van der Waals surface area (Å²) in [6, 6.07) is 21.5. The molecule has 2 nitrogen and oxygen atoms in total. The largest absolute Gasteiger partial charge is 0.352 e. The number of carbonyl (C=O) groups is 1. The van der Waals surface area contributed by atoms with Crippen LogP contribution in [0.25, 0.3) is 0 Å². The first-order valence-corrected chi connectivity index (χ1v) is 8.47. The zero-order valence-corrected chi connectivity index (χ0v) is 14.2. The monoisotopic (exact) mass is 351 g/mol. The van der Waals surface area contributed by atoms with Crippen LogP contribution in [0.1, 0.15) is 33.8 Å². The summed E-state index contributed by atoms with van der Waals surface area (Å²) in [7, 11) is 0. The highest BCUT2D eigenvalue weighted by atomic mass is 19.1. The third-order valence-corrected chi connectivity index (χ3v) is 4.26. The van der Waals surface area contributed by atoms with E-state index >= 15 is 0 Å². The normalized spacial score (nSPS) is 10.7. The summed E-state index contributed by atoms with van der Waals surface area (Å²) in [4.78, 5) is 12.2. The summed E-state index contributed by atoms with van der Waals surface area (Å²) in [5.41, 5.74) is 2.09. The molecule has 0 saturated heterocycles. The molecule has 0 aliphatic rings. The van der Waals surface area contributed by atoms with Gasteiger partial charge in [0, 0.05) is 18.0 Å². The number of hydrogen-bond donors (Lipinski definition) is 1. The molecule has 4 heteroatoms. The van der Waals surface area contributed by atoms with Crippen molar-refractivity contribution in [2.45, 2.75) is 12.3 Å². The number of rotatable bonds is 6. The predicted molar refractivity (Wildman–Crippen MR) is 98.0 cm³/mol. The van der Waals surface area contributed by atoms with Crippen LogP contribution in [0.2, 0.25) is 0 Å². The van der Waals surface area contributed by atoms with E-state index in [1.165, 1.54) is 24.3 Å². The third-order valence-electron chi connectivity index (χ3n) is 4.26. The van der Waals surface area contributed by atoms with Gasteiger partial charge in [-0.1, -0.05) is 42.5 Å². The lowest BCUT2D eigenvalue weighted by molar-refractivity contribution is 0.0953. The second kappa shape index (κ2) is 8.39. The van der Waals surface area contributed by atoms with Crippen molar-refractivity contribution in [3.8, 4) is 0 Å². The SMILES string of the molecule is O=C(NCCC(c1cccc(F)c1)c1cccc(F)c1)c1ccccc1. The number of benzene rings is 3. The van der Waals surface area contributed by atoms with E-state index in [1.807, 2.05) is 18.2 Å². The van der Waals surface area contributed by atoms with Crippen LogP contribution in [0.5, 0.6) is 0 Å². The number of carbonyl (C=O) groups excluding carboxylic acids is 1. The molecule has 0 aliphatic heterocycles. The van der Waals surface area contributed by atoms with Gasteiger partial charge in [0.1, 0.15) is 11.6 Å². The fourth-order valence-electron chi connectivity index (χ4n) is 2.99. The van der Waals surface area contributed by atoms with Crippen LogP contribution < -0.4 is 5.32 Å². The number of nitrogens with one attached hydrogen (secondary N) is 1. The summed E-state index contributed by atoms with van der Waals surface area (Å²) in [6.45, 7) is 0.394. The minimum absolute atomic E-state index is 0.164. The minimum Gasteiger partial charge on any atom is -0.352 e. The lowest BCUT2D eigenvalue weighted by atomic mass is 9.88. The van der Waals surface area contributed by atoms with E-state index in [0.29, 0.717) is 18.5 Å². The van der Waals surface area contributed by atoms with Crippen molar-refractivity contribution in [3.63, 3.8) is 0 Å². The second-order valence-corrected chi connectivity index (χ2v) is 6.07. The van der Waals surface area contributed by atoms with Gasteiger partial charge in [-0.15, -0.1) is 0 Å². The number of hydrogen-bond acceptors (Lipinski definition) is 1. The molecule has 0 fully saturated rings. The molecule has 132 valence electrons. The molecule has 0 saturated carbocycles. The Hall–Kier alpha value is -3.01. The molecule has 0 bridgehead atoms. The zero-order chi connectivity index (χ0) is 18.4. The summed E-state index contributed by atoms with van der Waals surface area (Å²) in [6.07, 6.45) is 0.533. The van der Waals surface area contributed by atoms with E-state index in [4.69, 9.17) is 0 Å². The van der Waals surface area contributed by atoms with Gasteiger partial charge in [0.05, 0.1) is 0 Å². The van der Waals surface area contributed by atoms with Gasteiger partial charge in [-0.25, -0.2) is 8.78 Å². The Kier molecular flexibility index (Phi) is 5.74. The highest BCUT2D eigenvalue weighted by Gasteiger charge is 2.16. The van der Waals surface area contributed by atoms with Gasteiger partial charge < -0.3 is 5.32 Å². The maximum Gasteiger partial charge on any atom is 0.251 e. The molecule has 0 unspecified atom stereocenters. The van der Waals surface area contributed by atoms with Gasteiger partial charge in [0.25, 0.3) is 5.91 Å². The van der Waals surface area contributed by atoms with Crippen molar-refractivity contribution < 1.29 is 13.6 Å².